The number of piperidine rings is 1. The summed E-state index contributed by atoms with van der Waals surface area (Å²) in [4.78, 5) is 35.8. The number of ether oxygens (including phenoxy) is 1. The number of nitrogens with one attached hydrogen (secondary N) is 1. The molecule has 1 unspecified atom stereocenters. The van der Waals surface area contributed by atoms with E-state index in [1.165, 1.54) is 0 Å². The monoisotopic (exact) mass is 397 g/mol. The number of carbonyl (C=O) groups is 2. The second kappa shape index (κ2) is 7.94. The van der Waals surface area contributed by atoms with Crippen LogP contribution >= 0.6 is 0 Å². The molecular formula is C21H27N5O3. The van der Waals surface area contributed by atoms with Gasteiger partial charge in [0.15, 0.2) is 6.10 Å². The van der Waals surface area contributed by atoms with Gasteiger partial charge in [0.05, 0.1) is 12.1 Å². The third kappa shape index (κ3) is 3.89. The number of carbonyl (C=O) groups excluding carboxylic acids is 2. The van der Waals surface area contributed by atoms with Gasteiger partial charge in [0.25, 0.3) is 11.8 Å². The van der Waals surface area contributed by atoms with Crippen molar-refractivity contribution >= 4 is 11.8 Å². The average Bonchev–Trinajstić information content (AvgIpc) is 3.22. The number of fused-ring (bicyclic) bond motifs is 2. The number of aromatic nitrogens is 3. The minimum absolute atomic E-state index is 0.0293. The van der Waals surface area contributed by atoms with Gasteiger partial charge in [-0.05, 0) is 18.1 Å². The molecule has 29 heavy (non-hydrogen) atoms. The second-order valence-electron chi connectivity index (χ2n) is 8.18. The third-order valence-electron chi connectivity index (χ3n) is 5.60. The van der Waals surface area contributed by atoms with Gasteiger partial charge >= 0.3 is 0 Å². The summed E-state index contributed by atoms with van der Waals surface area (Å²) in [5.41, 5.74) is -0.0618. The molecule has 1 fully saturated rings. The normalized spacial score (nSPS) is 20.5. The maximum atomic E-state index is 12.7. The number of likely N-dealkylation sites (tertiary alicyclic amines) is 1. The quantitative estimate of drug-likeness (QED) is 0.846. The number of amides is 2. The molecule has 8 heteroatoms. The molecule has 4 rings (SSSR count). The van der Waals surface area contributed by atoms with Crippen LogP contribution in [0.1, 0.15) is 42.9 Å². The Morgan fingerprint density at radius 1 is 1.31 bits per heavy atom. The summed E-state index contributed by atoms with van der Waals surface area (Å²) < 4.78 is 8.40. The Balaban J connectivity index is 1.49. The van der Waals surface area contributed by atoms with Crippen molar-refractivity contribution < 1.29 is 14.3 Å². The standard InChI is InChI=1S/C21H27N5O3/c1-15(2)12-24-18(27)17-14-26-11-8-23-20(26)21(29-17)5-9-25(10-6-21)19(28)16-4-3-7-22-13-16/h3-4,7-8,11,13,15,17H,5-6,9-10,12,14H2,1-2H3,(H,24,27). The first kappa shape index (κ1) is 19.6. The van der Waals surface area contributed by atoms with Gasteiger partial charge in [0.2, 0.25) is 0 Å². The lowest BCUT2D eigenvalue weighted by atomic mass is 9.88. The van der Waals surface area contributed by atoms with Crippen molar-refractivity contribution in [3.63, 3.8) is 0 Å². The van der Waals surface area contributed by atoms with Crippen LogP contribution in [0.25, 0.3) is 0 Å². The highest BCUT2D eigenvalue weighted by Gasteiger charge is 2.47. The minimum Gasteiger partial charge on any atom is -0.354 e. The van der Waals surface area contributed by atoms with Crippen molar-refractivity contribution in [3.8, 4) is 0 Å². The van der Waals surface area contributed by atoms with Crippen molar-refractivity contribution in [1.82, 2.24) is 24.8 Å². The highest BCUT2D eigenvalue weighted by molar-refractivity contribution is 5.93. The molecule has 8 nitrogen and oxygen atoms in total. The first-order chi connectivity index (χ1) is 14.0. The highest BCUT2D eigenvalue weighted by atomic mass is 16.5. The van der Waals surface area contributed by atoms with E-state index in [1.54, 1.807) is 30.7 Å². The molecule has 1 N–H and O–H groups in total. The first-order valence-electron chi connectivity index (χ1n) is 10.1. The Bertz CT molecular complexity index is 871. The summed E-state index contributed by atoms with van der Waals surface area (Å²) >= 11 is 0. The average molecular weight is 397 g/mol. The van der Waals surface area contributed by atoms with E-state index in [9.17, 15) is 9.59 Å². The fraction of sp³-hybridized carbons (Fsp3) is 0.524. The van der Waals surface area contributed by atoms with E-state index in [0.717, 1.165) is 5.82 Å². The Hall–Kier alpha value is -2.74. The molecule has 2 aliphatic rings. The lowest BCUT2D eigenvalue weighted by molar-refractivity contribution is -0.172. The number of imidazole rings is 1. The molecule has 1 atom stereocenters. The van der Waals surface area contributed by atoms with Crippen LogP contribution in [-0.2, 0) is 21.7 Å². The number of nitrogens with zero attached hydrogens (tertiary/aromatic N) is 4. The lowest BCUT2D eigenvalue weighted by Crippen LogP contribution is -2.55. The molecule has 2 amide bonds. The van der Waals surface area contributed by atoms with E-state index in [0.29, 0.717) is 50.5 Å². The molecule has 0 aliphatic carbocycles. The molecule has 0 saturated carbocycles. The zero-order chi connectivity index (χ0) is 20.4. The van der Waals surface area contributed by atoms with Gasteiger partial charge in [-0.1, -0.05) is 13.8 Å². The fourth-order valence-corrected chi connectivity index (χ4v) is 4.04. The van der Waals surface area contributed by atoms with Crippen molar-refractivity contribution in [2.75, 3.05) is 19.6 Å². The smallest absolute Gasteiger partial charge is 0.255 e. The second-order valence-corrected chi connectivity index (χ2v) is 8.18. The third-order valence-corrected chi connectivity index (χ3v) is 5.60. The van der Waals surface area contributed by atoms with Gasteiger partial charge in [-0.2, -0.15) is 0 Å². The molecule has 4 heterocycles. The molecule has 154 valence electrons. The van der Waals surface area contributed by atoms with Crippen LogP contribution in [0.3, 0.4) is 0 Å². The first-order valence-corrected chi connectivity index (χ1v) is 10.1. The van der Waals surface area contributed by atoms with Gasteiger partial charge in [-0.25, -0.2) is 4.98 Å². The number of hydrogen-bond acceptors (Lipinski definition) is 5. The van der Waals surface area contributed by atoms with Crippen LogP contribution in [0.15, 0.2) is 36.9 Å². The molecule has 0 bridgehead atoms. The highest BCUT2D eigenvalue weighted by Crippen LogP contribution is 2.40. The summed E-state index contributed by atoms with van der Waals surface area (Å²) in [6.07, 6.45) is 7.54. The van der Waals surface area contributed by atoms with Crippen LogP contribution in [0.5, 0.6) is 0 Å². The van der Waals surface area contributed by atoms with Crippen molar-refractivity contribution in [1.29, 1.82) is 0 Å². The topological polar surface area (TPSA) is 89.4 Å². The maximum absolute atomic E-state index is 12.7. The Morgan fingerprint density at radius 2 is 2.10 bits per heavy atom. The summed E-state index contributed by atoms with van der Waals surface area (Å²) in [6, 6.07) is 3.54. The van der Waals surface area contributed by atoms with Crippen molar-refractivity contribution in [2.45, 2.75) is 44.9 Å². The van der Waals surface area contributed by atoms with Crippen molar-refractivity contribution in [2.24, 2.45) is 5.92 Å². The predicted molar refractivity (Wildman–Crippen MR) is 106 cm³/mol. The molecule has 1 spiro atoms. The van der Waals surface area contributed by atoms with Gasteiger partial charge in [-0.15, -0.1) is 0 Å². The van der Waals surface area contributed by atoms with Crippen LogP contribution in [-0.4, -0.2) is 57.0 Å². The van der Waals surface area contributed by atoms with Crippen LogP contribution in [0, 0.1) is 5.92 Å². The number of pyridine rings is 1. The SMILES string of the molecule is CC(C)CNC(=O)C1Cn2ccnc2C2(CCN(C(=O)c3cccnc3)CC2)O1. The van der Waals surface area contributed by atoms with E-state index < -0.39 is 11.7 Å². The van der Waals surface area contributed by atoms with Crippen LogP contribution in [0.2, 0.25) is 0 Å². The molecule has 1 saturated heterocycles. The van der Waals surface area contributed by atoms with Gasteiger partial charge in [0.1, 0.15) is 11.4 Å². The molecule has 0 aromatic carbocycles. The summed E-state index contributed by atoms with van der Waals surface area (Å²) in [6.45, 7) is 6.29. The largest absolute Gasteiger partial charge is 0.354 e. The molecule has 2 aromatic rings. The lowest BCUT2D eigenvalue weighted by Gasteiger charge is -2.45. The maximum Gasteiger partial charge on any atom is 0.255 e. The number of rotatable bonds is 4. The Kier molecular flexibility index (Phi) is 5.36. The van der Waals surface area contributed by atoms with E-state index in [4.69, 9.17) is 4.74 Å². The van der Waals surface area contributed by atoms with E-state index in [1.807, 2.05) is 15.7 Å². The Labute approximate surface area is 170 Å². The summed E-state index contributed by atoms with van der Waals surface area (Å²) in [7, 11) is 0. The van der Waals surface area contributed by atoms with Gasteiger partial charge in [0, 0.05) is 57.3 Å². The minimum atomic E-state index is -0.646. The van der Waals surface area contributed by atoms with Crippen LogP contribution < -0.4 is 5.32 Å². The van der Waals surface area contributed by atoms with Crippen molar-refractivity contribution in [3.05, 3.63) is 48.3 Å². The van der Waals surface area contributed by atoms with E-state index in [-0.39, 0.29) is 11.8 Å². The molecule has 2 aromatic heterocycles. The fourth-order valence-electron chi connectivity index (χ4n) is 4.04. The molecule has 2 aliphatic heterocycles. The predicted octanol–water partition coefficient (Wildman–Crippen LogP) is 1.58. The summed E-state index contributed by atoms with van der Waals surface area (Å²) in [5.74, 6) is 1.10. The summed E-state index contributed by atoms with van der Waals surface area (Å²) in [5, 5.41) is 2.98. The van der Waals surface area contributed by atoms with Gasteiger partial charge in [-0.3, -0.25) is 14.6 Å². The number of hydrogen-bond donors (Lipinski definition) is 1. The Morgan fingerprint density at radius 3 is 2.79 bits per heavy atom. The molecular weight excluding hydrogens is 370 g/mol. The van der Waals surface area contributed by atoms with E-state index in [2.05, 4.69) is 29.1 Å². The van der Waals surface area contributed by atoms with Gasteiger partial charge < -0.3 is 19.5 Å². The zero-order valence-electron chi connectivity index (χ0n) is 16.9. The van der Waals surface area contributed by atoms with E-state index >= 15 is 0 Å². The van der Waals surface area contributed by atoms with Crippen LogP contribution in [0.4, 0.5) is 0 Å². The molecule has 0 radical (unpaired) electrons. The zero-order valence-corrected chi connectivity index (χ0v) is 16.9.